The number of aromatic nitrogens is 1. The van der Waals surface area contributed by atoms with E-state index in [-0.39, 0.29) is 11.9 Å². The van der Waals surface area contributed by atoms with Crippen LogP contribution in [-0.4, -0.2) is 39.9 Å². The van der Waals surface area contributed by atoms with Gasteiger partial charge in [0.25, 0.3) is 5.91 Å². The highest BCUT2D eigenvalue weighted by Crippen LogP contribution is 2.35. The van der Waals surface area contributed by atoms with Gasteiger partial charge < -0.3 is 13.9 Å². The van der Waals surface area contributed by atoms with E-state index in [4.69, 9.17) is 4.42 Å². The number of carbonyl (C=O) groups is 1. The molecule has 1 amide bonds. The summed E-state index contributed by atoms with van der Waals surface area (Å²) in [6.07, 6.45) is 4.00. The highest BCUT2D eigenvalue weighted by atomic mass is 19.1. The van der Waals surface area contributed by atoms with Crippen molar-refractivity contribution in [3.05, 3.63) is 83.1 Å². The minimum Gasteiger partial charge on any atom is -0.455 e. The number of amides is 1. The molecule has 1 fully saturated rings. The number of hydrogen-bond donors (Lipinski definition) is 0. The van der Waals surface area contributed by atoms with E-state index in [9.17, 15) is 13.6 Å². The number of fused-ring (bicyclic) bond motifs is 1. The molecule has 0 saturated carbocycles. The molecule has 1 aromatic carbocycles. The van der Waals surface area contributed by atoms with E-state index < -0.39 is 11.6 Å². The van der Waals surface area contributed by atoms with Gasteiger partial charge in [0.15, 0.2) is 5.76 Å². The third-order valence-corrected chi connectivity index (χ3v) is 6.70. The van der Waals surface area contributed by atoms with Gasteiger partial charge in [-0.2, -0.15) is 0 Å². The normalized spacial score (nSPS) is 19.8. The van der Waals surface area contributed by atoms with Gasteiger partial charge in [-0.15, -0.1) is 0 Å². The fourth-order valence-electron chi connectivity index (χ4n) is 4.83. The Morgan fingerprint density at radius 2 is 1.88 bits per heavy atom. The average molecular weight is 440 g/mol. The summed E-state index contributed by atoms with van der Waals surface area (Å²) in [7, 11) is 0. The van der Waals surface area contributed by atoms with Crippen LogP contribution in [0.15, 0.2) is 53.1 Å². The molecule has 0 bridgehead atoms. The monoisotopic (exact) mass is 439 g/mol. The van der Waals surface area contributed by atoms with Crippen LogP contribution in [0.2, 0.25) is 0 Å². The van der Waals surface area contributed by atoms with Crippen LogP contribution in [0, 0.1) is 17.6 Å². The maximum Gasteiger partial charge on any atom is 0.289 e. The molecule has 1 saturated heterocycles. The maximum absolute atomic E-state index is 14.7. The van der Waals surface area contributed by atoms with Crippen molar-refractivity contribution in [2.45, 2.75) is 38.9 Å². The first kappa shape index (κ1) is 20.9. The Hall–Kier alpha value is -2.93. The summed E-state index contributed by atoms with van der Waals surface area (Å²) in [5.41, 5.74) is 1.38. The summed E-state index contributed by atoms with van der Waals surface area (Å²) < 4.78 is 36.3. The largest absolute Gasteiger partial charge is 0.455 e. The third-order valence-electron chi connectivity index (χ3n) is 6.70. The third kappa shape index (κ3) is 3.97. The fraction of sp³-hybridized carbons (Fsp3) is 0.400. The number of likely N-dealkylation sites (tertiary alicyclic amines) is 1. The number of carbonyl (C=O) groups excluding carboxylic acids is 1. The molecule has 2 aliphatic heterocycles. The summed E-state index contributed by atoms with van der Waals surface area (Å²) in [5, 5.41) is 0. The lowest BCUT2D eigenvalue weighted by atomic mass is 9.99. The second-order valence-corrected chi connectivity index (χ2v) is 8.91. The van der Waals surface area contributed by atoms with Gasteiger partial charge in [0.05, 0.1) is 12.6 Å². The topological polar surface area (TPSA) is 41.6 Å². The molecule has 1 atom stereocenters. The molecule has 1 unspecified atom stereocenters. The van der Waals surface area contributed by atoms with Crippen molar-refractivity contribution < 1.29 is 18.0 Å². The lowest BCUT2D eigenvalue weighted by Crippen LogP contribution is -2.38. The molecule has 0 radical (unpaired) electrons. The lowest BCUT2D eigenvalue weighted by molar-refractivity contribution is 0.0659. The van der Waals surface area contributed by atoms with E-state index in [1.54, 1.807) is 6.07 Å². The number of benzene rings is 1. The molecule has 2 aromatic heterocycles. The molecule has 2 aliphatic rings. The van der Waals surface area contributed by atoms with Gasteiger partial charge in [0.2, 0.25) is 0 Å². The van der Waals surface area contributed by atoms with Crippen LogP contribution in [0.1, 0.15) is 53.4 Å². The van der Waals surface area contributed by atoms with E-state index in [2.05, 4.69) is 16.4 Å². The molecule has 0 spiro atoms. The van der Waals surface area contributed by atoms with E-state index >= 15 is 0 Å². The molecular formula is C25H27F2N3O2. The predicted molar refractivity (Wildman–Crippen MR) is 116 cm³/mol. The van der Waals surface area contributed by atoms with Crippen LogP contribution in [-0.2, 0) is 13.1 Å². The van der Waals surface area contributed by atoms with Gasteiger partial charge in [0, 0.05) is 49.7 Å². The van der Waals surface area contributed by atoms with Crippen molar-refractivity contribution in [2.75, 3.05) is 19.6 Å². The highest BCUT2D eigenvalue weighted by Gasteiger charge is 2.32. The number of nitrogens with zero attached hydrogens (tertiary/aromatic N) is 3. The van der Waals surface area contributed by atoms with Gasteiger partial charge >= 0.3 is 0 Å². The highest BCUT2D eigenvalue weighted by molar-refractivity contribution is 5.91. The Morgan fingerprint density at radius 3 is 2.66 bits per heavy atom. The zero-order valence-corrected chi connectivity index (χ0v) is 18.1. The molecule has 32 heavy (non-hydrogen) atoms. The van der Waals surface area contributed by atoms with Crippen molar-refractivity contribution in [2.24, 2.45) is 5.92 Å². The number of furan rings is 1. The summed E-state index contributed by atoms with van der Waals surface area (Å²) in [6.45, 7) is 5.59. The molecule has 3 aromatic rings. The molecule has 0 aliphatic carbocycles. The number of halogens is 2. The first-order valence-corrected chi connectivity index (χ1v) is 11.2. The number of rotatable bonds is 4. The Morgan fingerprint density at radius 1 is 1.06 bits per heavy atom. The molecular weight excluding hydrogens is 412 g/mol. The smallest absolute Gasteiger partial charge is 0.289 e. The summed E-state index contributed by atoms with van der Waals surface area (Å²) >= 11 is 0. The SMILES string of the molecule is CC1CCN(C(=O)c2ccc(CN3CCn4cccc4C3c3ccc(F)cc3F)o2)CC1. The predicted octanol–water partition coefficient (Wildman–Crippen LogP) is 4.84. The van der Waals surface area contributed by atoms with Crippen LogP contribution in [0.25, 0.3) is 0 Å². The summed E-state index contributed by atoms with van der Waals surface area (Å²) in [4.78, 5) is 16.8. The van der Waals surface area contributed by atoms with E-state index in [0.717, 1.165) is 44.2 Å². The van der Waals surface area contributed by atoms with Crippen LogP contribution in [0.5, 0.6) is 0 Å². The molecule has 0 N–H and O–H groups in total. The summed E-state index contributed by atoms with van der Waals surface area (Å²) in [6, 6.07) is 10.8. The Bertz CT molecular complexity index is 1110. The van der Waals surface area contributed by atoms with Crippen molar-refractivity contribution >= 4 is 5.91 Å². The number of piperidine rings is 1. The zero-order chi connectivity index (χ0) is 22.2. The van der Waals surface area contributed by atoms with Gasteiger partial charge in [-0.05, 0) is 49.1 Å². The Kier molecular flexibility index (Phi) is 5.59. The van der Waals surface area contributed by atoms with Gasteiger partial charge in [-0.25, -0.2) is 8.78 Å². The van der Waals surface area contributed by atoms with Crippen LogP contribution in [0.3, 0.4) is 0 Å². The van der Waals surface area contributed by atoms with Crippen molar-refractivity contribution in [1.82, 2.24) is 14.4 Å². The second-order valence-electron chi connectivity index (χ2n) is 8.91. The van der Waals surface area contributed by atoms with Gasteiger partial charge in [0.1, 0.15) is 17.4 Å². The number of hydrogen-bond acceptors (Lipinski definition) is 3. The minimum atomic E-state index is -0.592. The lowest BCUT2D eigenvalue weighted by Gasteiger charge is -2.37. The Labute approximate surface area is 186 Å². The second kappa shape index (κ2) is 8.54. The van der Waals surface area contributed by atoms with E-state index in [0.29, 0.717) is 36.1 Å². The zero-order valence-electron chi connectivity index (χ0n) is 18.1. The van der Waals surface area contributed by atoms with Crippen molar-refractivity contribution in [3.63, 3.8) is 0 Å². The molecule has 5 rings (SSSR count). The van der Waals surface area contributed by atoms with Gasteiger partial charge in [-0.1, -0.05) is 13.0 Å². The van der Waals surface area contributed by atoms with E-state index in [1.807, 2.05) is 29.3 Å². The quantitative estimate of drug-likeness (QED) is 0.584. The molecule has 7 heteroatoms. The molecule has 5 nitrogen and oxygen atoms in total. The van der Waals surface area contributed by atoms with Crippen LogP contribution < -0.4 is 0 Å². The van der Waals surface area contributed by atoms with Crippen molar-refractivity contribution in [3.8, 4) is 0 Å². The molecule has 168 valence electrons. The minimum absolute atomic E-state index is 0.0724. The fourth-order valence-corrected chi connectivity index (χ4v) is 4.83. The average Bonchev–Trinajstić information content (AvgIpc) is 3.44. The van der Waals surface area contributed by atoms with Crippen LogP contribution in [0.4, 0.5) is 8.78 Å². The standard InChI is InChI=1S/C25H27F2N3O2/c1-17-8-11-29(12-9-17)25(31)23-7-5-19(32-23)16-30-14-13-28-10-2-3-22(28)24(30)20-6-4-18(26)15-21(20)27/h2-7,10,15,17,24H,8-9,11-14,16H2,1H3. The van der Waals surface area contributed by atoms with Crippen molar-refractivity contribution in [1.29, 1.82) is 0 Å². The first-order valence-electron chi connectivity index (χ1n) is 11.2. The maximum atomic E-state index is 14.7. The summed E-state index contributed by atoms with van der Waals surface area (Å²) in [5.74, 6) is 0.421. The van der Waals surface area contributed by atoms with Crippen LogP contribution >= 0.6 is 0 Å². The first-order chi connectivity index (χ1) is 15.5. The van der Waals surface area contributed by atoms with Gasteiger partial charge in [-0.3, -0.25) is 9.69 Å². The Balaban J connectivity index is 1.38. The molecule has 4 heterocycles. The van der Waals surface area contributed by atoms with E-state index in [1.165, 1.54) is 12.1 Å².